The molecule has 0 bridgehead atoms. The van der Waals surface area contributed by atoms with Gasteiger partial charge >= 0.3 is 0 Å². The molecule has 1 aliphatic heterocycles. The van der Waals surface area contributed by atoms with Gasteiger partial charge in [0.1, 0.15) is 0 Å². The number of ketones is 2. The lowest BCUT2D eigenvalue weighted by molar-refractivity contribution is 0.102. The number of fused-ring (bicyclic) bond motifs is 1. The fourth-order valence-electron chi connectivity index (χ4n) is 2.98. The average molecular weight is 411 g/mol. The van der Waals surface area contributed by atoms with E-state index in [0.717, 1.165) is 13.6 Å². The first kappa shape index (κ1) is 16.3. The van der Waals surface area contributed by atoms with Crippen molar-refractivity contribution in [3.8, 4) is 0 Å². The van der Waals surface area contributed by atoms with Gasteiger partial charge in [0.05, 0.1) is 9.81 Å². The summed E-state index contributed by atoms with van der Waals surface area (Å²) in [5.41, 5.74) is 1.33. The summed E-state index contributed by atoms with van der Waals surface area (Å²) in [6.07, 6.45) is 0. The smallest absolute Gasteiger partial charge is 0.199 e. The van der Waals surface area contributed by atoms with Gasteiger partial charge in [-0.2, -0.15) is 0 Å². The minimum absolute atomic E-state index is 0.161. The van der Waals surface area contributed by atoms with Crippen molar-refractivity contribution in [3.63, 3.8) is 0 Å². The molecule has 3 aromatic rings. The maximum atomic E-state index is 12.7. The van der Waals surface area contributed by atoms with Crippen molar-refractivity contribution in [2.75, 3.05) is 0 Å². The monoisotopic (exact) mass is 410 g/mol. The van der Waals surface area contributed by atoms with E-state index >= 15 is 0 Å². The maximum Gasteiger partial charge on any atom is 0.199 e. The number of carbonyl (C=O) groups is 2. The second-order valence-electron chi connectivity index (χ2n) is 5.70. The van der Waals surface area contributed by atoms with E-state index in [2.05, 4.69) is 22.9 Å². The largest absolute Gasteiger partial charge is 0.288 e. The second-order valence-corrected chi connectivity index (χ2v) is 9.96. The third kappa shape index (κ3) is 2.56. The summed E-state index contributed by atoms with van der Waals surface area (Å²) in [6, 6.07) is 15.2. The SMILES string of the molecule is O=C1C(=c2cc/c(=c3/ccc(=C4SC=CS4)s3)s2)C(=O)c2ccccc21. The molecule has 5 rings (SSSR count). The summed E-state index contributed by atoms with van der Waals surface area (Å²) in [5.74, 6) is -0.322. The predicted molar refractivity (Wildman–Crippen MR) is 112 cm³/mol. The Balaban J connectivity index is 1.71. The van der Waals surface area contributed by atoms with E-state index < -0.39 is 0 Å². The Bertz CT molecular complexity index is 1280. The topological polar surface area (TPSA) is 34.1 Å². The van der Waals surface area contributed by atoms with Crippen molar-refractivity contribution in [1.29, 1.82) is 0 Å². The van der Waals surface area contributed by atoms with Crippen molar-refractivity contribution in [2.24, 2.45) is 0 Å². The molecule has 0 fully saturated rings. The van der Waals surface area contributed by atoms with Gasteiger partial charge in [-0.05, 0) is 35.1 Å². The Hall–Kier alpha value is -1.86. The molecule has 2 aliphatic rings. The highest BCUT2D eigenvalue weighted by atomic mass is 32.2. The lowest BCUT2D eigenvalue weighted by Crippen LogP contribution is -2.10. The molecule has 1 aliphatic carbocycles. The summed E-state index contributed by atoms with van der Waals surface area (Å²) >= 11 is 6.74. The summed E-state index contributed by atoms with van der Waals surface area (Å²) < 4.78 is 5.54. The van der Waals surface area contributed by atoms with Crippen molar-refractivity contribution < 1.29 is 9.59 Å². The molecule has 0 N–H and O–H groups in total. The van der Waals surface area contributed by atoms with Crippen LogP contribution in [0.15, 0.2) is 59.3 Å². The minimum Gasteiger partial charge on any atom is -0.288 e. The van der Waals surface area contributed by atoms with Crippen LogP contribution in [-0.4, -0.2) is 11.6 Å². The van der Waals surface area contributed by atoms with Crippen LogP contribution in [-0.2, 0) is 0 Å². The van der Waals surface area contributed by atoms with Crippen molar-refractivity contribution in [2.45, 2.75) is 0 Å². The zero-order valence-corrected chi connectivity index (χ0v) is 16.5. The molecule has 26 heavy (non-hydrogen) atoms. The molecular formula is C20H10O2S4. The van der Waals surface area contributed by atoms with Gasteiger partial charge in [0.25, 0.3) is 0 Å². The molecule has 0 saturated carbocycles. The molecule has 1 aromatic carbocycles. The second kappa shape index (κ2) is 6.39. The van der Waals surface area contributed by atoms with E-state index in [1.807, 2.05) is 12.1 Å². The summed E-state index contributed by atoms with van der Waals surface area (Å²) in [5, 5.41) is 4.18. The van der Waals surface area contributed by atoms with Crippen molar-refractivity contribution >= 4 is 67.6 Å². The number of hydrogen-bond donors (Lipinski definition) is 0. The summed E-state index contributed by atoms with van der Waals surface area (Å²) in [4.78, 5) is 25.3. The van der Waals surface area contributed by atoms with E-state index in [0.29, 0.717) is 16.7 Å². The Morgan fingerprint density at radius 3 is 1.69 bits per heavy atom. The molecule has 0 saturated heterocycles. The van der Waals surface area contributed by atoms with Crippen LogP contribution in [0.5, 0.6) is 0 Å². The van der Waals surface area contributed by atoms with E-state index in [9.17, 15) is 9.59 Å². The van der Waals surface area contributed by atoms with Gasteiger partial charge in [-0.1, -0.05) is 47.8 Å². The molecule has 2 aromatic heterocycles. The normalized spacial score (nSPS) is 17.4. The predicted octanol–water partition coefficient (Wildman–Crippen LogP) is 4.34. The summed E-state index contributed by atoms with van der Waals surface area (Å²) in [6.45, 7) is 0. The number of Topliss-reactive ketones (excluding diaryl/α,β-unsaturated/α-hetero) is 2. The molecule has 0 spiro atoms. The maximum absolute atomic E-state index is 12.7. The zero-order valence-electron chi connectivity index (χ0n) is 13.2. The number of rotatable bonds is 0. The van der Waals surface area contributed by atoms with Crippen LogP contribution in [0.25, 0.3) is 9.81 Å². The number of thiophene rings is 2. The molecule has 0 unspecified atom stereocenters. The average Bonchev–Trinajstić information content (AvgIpc) is 3.42. The highest BCUT2D eigenvalue weighted by Crippen LogP contribution is 2.38. The number of benzene rings is 1. The third-order valence-corrected chi connectivity index (χ3v) is 9.00. The van der Waals surface area contributed by atoms with Gasteiger partial charge in [0, 0.05) is 29.3 Å². The van der Waals surface area contributed by atoms with Crippen LogP contribution < -0.4 is 9.06 Å². The van der Waals surface area contributed by atoms with Crippen LogP contribution in [0, 0.1) is 9.06 Å². The van der Waals surface area contributed by atoms with E-state index in [4.69, 9.17) is 0 Å². The van der Waals surface area contributed by atoms with Crippen molar-refractivity contribution in [3.05, 3.63) is 88.6 Å². The molecule has 2 nitrogen and oxygen atoms in total. The van der Waals surface area contributed by atoms with Crippen LogP contribution in [0.3, 0.4) is 0 Å². The Kier molecular flexibility index (Phi) is 4.01. The third-order valence-electron chi connectivity index (χ3n) is 4.18. The van der Waals surface area contributed by atoms with E-state index in [1.54, 1.807) is 59.1 Å². The van der Waals surface area contributed by atoms with Gasteiger partial charge in [0.2, 0.25) is 0 Å². The zero-order chi connectivity index (χ0) is 17.7. The van der Waals surface area contributed by atoms with Gasteiger partial charge < -0.3 is 0 Å². The molecule has 0 amide bonds. The molecule has 6 heteroatoms. The molecule has 126 valence electrons. The number of thioether (sulfide) groups is 2. The first-order chi connectivity index (χ1) is 12.7. The minimum atomic E-state index is -0.161. The first-order valence-corrected chi connectivity index (χ1v) is 11.2. The standard InChI is InChI=1S/C20H10O2S4/c21-18-11-3-1-2-4-12(11)19(22)17(18)15-7-5-13(25-15)14-6-8-16(26-14)20-23-9-10-24-20/h1-10H/b14-13+. The quantitative estimate of drug-likeness (QED) is 0.552. The number of hydrogen-bond acceptors (Lipinski definition) is 6. The van der Waals surface area contributed by atoms with Gasteiger partial charge in [-0.15, -0.1) is 22.7 Å². The molecule has 0 radical (unpaired) electrons. The Labute approximate surface area is 165 Å². The van der Waals surface area contributed by atoms with Crippen LogP contribution in [0.2, 0.25) is 0 Å². The van der Waals surface area contributed by atoms with Crippen LogP contribution in [0.1, 0.15) is 20.7 Å². The van der Waals surface area contributed by atoms with Gasteiger partial charge in [-0.25, -0.2) is 0 Å². The highest BCUT2D eigenvalue weighted by molar-refractivity contribution is 8.34. The van der Waals surface area contributed by atoms with Gasteiger partial charge in [0.15, 0.2) is 11.6 Å². The summed E-state index contributed by atoms with van der Waals surface area (Å²) in [7, 11) is 0. The van der Waals surface area contributed by atoms with Crippen LogP contribution in [0.4, 0.5) is 0 Å². The van der Waals surface area contributed by atoms with Gasteiger partial charge in [-0.3, -0.25) is 9.59 Å². The van der Waals surface area contributed by atoms with Crippen LogP contribution >= 0.6 is 46.2 Å². The van der Waals surface area contributed by atoms with E-state index in [1.165, 1.54) is 20.1 Å². The molecular weight excluding hydrogens is 400 g/mol. The number of carbonyl (C=O) groups excluding carboxylic acids is 2. The first-order valence-electron chi connectivity index (χ1n) is 7.84. The van der Waals surface area contributed by atoms with Crippen molar-refractivity contribution in [1.82, 2.24) is 0 Å². The Morgan fingerprint density at radius 2 is 1.08 bits per heavy atom. The van der Waals surface area contributed by atoms with E-state index in [-0.39, 0.29) is 11.6 Å². The lowest BCUT2D eigenvalue weighted by Gasteiger charge is -1.90. The highest BCUT2D eigenvalue weighted by Gasteiger charge is 2.33. The Morgan fingerprint density at radius 1 is 0.577 bits per heavy atom. The molecule has 3 heterocycles. The fourth-order valence-corrected chi connectivity index (χ4v) is 7.11. The fraction of sp³-hybridized carbons (Fsp3) is 0. The lowest BCUT2D eigenvalue weighted by atomic mass is 10.1. The molecule has 0 atom stereocenters.